The van der Waals surface area contributed by atoms with Crippen molar-refractivity contribution in [1.29, 1.82) is 0 Å². The fraction of sp³-hybridized carbons (Fsp3) is 0.0455. The molecule has 0 atom stereocenters. The number of hydrogen-bond donors (Lipinski definition) is 2. The molecule has 2 N–H and O–H groups in total. The Balaban J connectivity index is 1.61. The van der Waals surface area contributed by atoms with Crippen LogP contribution in [0.15, 0.2) is 71.7 Å². The number of hydrogen-bond acceptors (Lipinski definition) is 5. The minimum atomic E-state index is -0.377. The normalized spacial score (nSPS) is 11.2. The lowest BCUT2D eigenvalue weighted by Gasteiger charge is -2.03. The molecule has 0 unspecified atom stereocenters. The molecule has 4 aromatic rings. The number of para-hydroxylation sites is 2. The predicted octanol–water partition coefficient (Wildman–Crippen LogP) is 4.47. The first-order valence-electron chi connectivity index (χ1n) is 8.64. The molecule has 0 aliphatic carbocycles. The van der Waals surface area contributed by atoms with Gasteiger partial charge in [-0.2, -0.15) is 0 Å². The summed E-state index contributed by atoms with van der Waals surface area (Å²) in [5.74, 6) is 0.330. The average Bonchev–Trinajstić information content (AvgIpc) is 3.17. The molecule has 28 heavy (non-hydrogen) atoms. The fourth-order valence-corrected chi connectivity index (χ4v) is 2.85. The number of nitrogens with one attached hydrogen (secondary N) is 1. The number of fused-ring (bicyclic) bond motifs is 1. The number of methoxy groups -OCH3 is 1. The number of esters is 1. The molecule has 3 aromatic carbocycles. The molecule has 6 nitrogen and oxygen atoms in total. The minimum Gasteiger partial charge on any atom is -0.507 e. The molecule has 138 valence electrons. The maximum Gasteiger partial charge on any atom is 0.337 e. The highest BCUT2D eigenvalue weighted by Gasteiger charge is 2.10. The molecular weight excluding hydrogens is 354 g/mol. The molecule has 0 saturated carbocycles. The van der Waals surface area contributed by atoms with Gasteiger partial charge in [-0.05, 0) is 48.0 Å². The first-order chi connectivity index (χ1) is 13.6. The highest BCUT2D eigenvalue weighted by atomic mass is 16.5. The maximum atomic E-state index is 11.5. The Hall–Kier alpha value is -3.93. The number of carbonyl (C=O) groups excluding carboxylic acids is 1. The summed E-state index contributed by atoms with van der Waals surface area (Å²) in [4.78, 5) is 23.7. The number of ether oxygens (including phenoxy) is 1. The summed E-state index contributed by atoms with van der Waals surface area (Å²) >= 11 is 0. The Kier molecular flexibility index (Phi) is 4.60. The van der Waals surface area contributed by atoms with Crippen LogP contribution < -0.4 is 0 Å². The minimum absolute atomic E-state index is 0.125. The van der Waals surface area contributed by atoms with E-state index in [0.29, 0.717) is 22.6 Å². The molecule has 1 aromatic heterocycles. The molecule has 0 bridgehead atoms. The zero-order chi connectivity index (χ0) is 19.5. The van der Waals surface area contributed by atoms with Crippen LogP contribution in [0, 0.1) is 0 Å². The third kappa shape index (κ3) is 3.48. The lowest BCUT2D eigenvalue weighted by molar-refractivity contribution is 0.0600. The highest BCUT2D eigenvalue weighted by molar-refractivity contribution is 5.91. The zero-order valence-corrected chi connectivity index (χ0v) is 15.1. The molecule has 0 radical (unpaired) electrons. The second kappa shape index (κ2) is 7.36. The van der Waals surface area contributed by atoms with E-state index >= 15 is 0 Å². The van der Waals surface area contributed by atoms with E-state index in [1.807, 2.05) is 24.3 Å². The number of aromatic hydroxyl groups is 1. The molecule has 4 rings (SSSR count). The van der Waals surface area contributed by atoms with Gasteiger partial charge in [0, 0.05) is 6.21 Å². The van der Waals surface area contributed by atoms with Crippen LogP contribution >= 0.6 is 0 Å². The van der Waals surface area contributed by atoms with Crippen molar-refractivity contribution >= 4 is 28.9 Å². The summed E-state index contributed by atoms with van der Waals surface area (Å²) in [6.07, 6.45) is 1.69. The molecule has 0 spiro atoms. The van der Waals surface area contributed by atoms with Crippen molar-refractivity contribution in [3.05, 3.63) is 77.9 Å². The van der Waals surface area contributed by atoms with Crippen molar-refractivity contribution in [1.82, 2.24) is 9.97 Å². The lowest BCUT2D eigenvalue weighted by Crippen LogP contribution is -2.00. The monoisotopic (exact) mass is 371 g/mol. The molecule has 1 heterocycles. The predicted molar refractivity (Wildman–Crippen MR) is 108 cm³/mol. The van der Waals surface area contributed by atoms with Gasteiger partial charge in [0.1, 0.15) is 11.6 Å². The van der Waals surface area contributed by atoms with E-state index < -0.39 is 0 Å². The first-order valence-corrected chi connectivity index (χ1v) is 8.64. The number of rotatable bonds is 4. The van der Waals surface area contributed by atoms with Crippen LogP contribution in [0.25, 0.3) is 22.4 Å². The maximum absolute atomic E-state index is 11.5. The Morgan fingerprint density at radius 2 is 1.89 bits per heavy atom. The Bertz CT molecular complexity index is 1140. The van der Waals surface area contributed by atoms with Gasteiger partial charge in [0.05, 0.1) is 35.0 Å². The van der Waals surface area contributed by atoms with Crippen LogP contribution in [-0.4, -0.2) is 34.4 Å². The van der Waals surface area contributed by atoms with Gasteiger partial charge in [-0.3, -0.25) is 4.99 Å². The van der Waals surface area contributed by atoms with Crippen LogP contribution in [0.3, 0.4) is 0 Å². The summed E-state index contributed by atoms with van der Waals surface area (Å²) in [7, 11) is 1.35. The van der Waals surface area contributed by atoms with Gasteiger partial charge in [0.25, 0.3) is 0 Å². The standard InChI is InChI=1S/C22H17N3O3/c1-28-22(27)15-8-6-14(7-9-15)13-23-16-10-11-20(26)17(12-16)21-24-18-4-2-3-5-19(18)25-21/h2-13,26H,1H3,(H,24,25). The van der Waals surface area contributed by atoms with E-state index in [0.717, 1.165) is 16.6 Å². The number of phenols is 1. The van der Waals surface area contributed by atoms with Gasteiger partial charge < -0.3 is 14.8 Å². The number of imidazole rings is 1. The fourth-order valence-electron chi connectivity index (χ4n) is 2.85. The molecular formula is C22H17N3O3. The average molecular weight is 371 g/mol. The lowest BCUT2D eigenvalue weighted by atomic mass is 10.1. The van der Waals surface area contributed by atoms with E-state index in [9.17, 15) is 9.90 Å². The second-order valence-corrected chi connectivity index (χ2v) is 6.18. The number of phenolic OH excluding ortho intramolecular Hbond substituents is 1. The van der Waals surface area contributed by atoms with Gasteiger partial charge in [-0.1, -0.05) is 24.3 Å². The Morgan fingerprint density at radius 1 is 1.11 bits per heavy atom. The molecule has 6 heteroatoms. The van der Waals surface area contributed by atoms with Crippen LogP contribution in [0.2, 0.25) is 0 Å². The summed E-state index contributed by atoms with van der Waals surface area (Å²) in [6, 6.07) is 19.7. The van der Waals surface area contributed by atoms with Crippen molar-refractivity contribution < 1.29 is 14.6 Å². The van der Waals surface area contributed by atoms with E-state index in [1.54, 1.807) is 48.7 Å². The van der Waals surface area contributed by atoms with Gasteiger partial charge >= 0.3 is 5.97 Å². The van der Waals surface area contributed by atoms with Crippen molar-refractivity contribution in [2.45, 2.75) is 0 Å². The van der Waals surface area contributed by atoms with E-state index in [4.69, 9.17) is 0 Å². The first kappa shape index (κ1) is 17.5. The van der Waals surface area contributed by atoms with Gasteiger partial charge in [0.15, 0.2) is 0 Å². The summed E-state index contributed by atoms with van der Waals surface area (Å²) < 4.78 is 4.69. The second-order valence-electron chi connectivity index (χ2n) is 6.18. The van der Waals surface area contributed by atoms with Crippen molar-refractivity contribution in [3.8, 4) is 17.1 Å². The summed E-state index contributed by atoms with van der Waals surface area (Å²) in [5.41, 5.74) is 4.30. The van der Waals surface area contributed by atoms with Crippen LogP contribution in [0.5, 0.6) is 5.75 Å². The highest BCUT2D eigenvalue weighted by Crippen LogP contribution is 2.32. The van der Waals surface area contributed by atoms with Gasteiger partial charge in [0.2, 0.25) is 0 Å². The molecule has 0 saturated heterocycles. The largest absolute Gasteiger partial charge is 0.507 e. The zero-order valence-electron chi connectivity index (χ0n) is 15.1. The summed E-state index contributed by atoms with van der Waals surface area (Å²) in [6.45, 7) is 0. The number of carbonyl (C=O) groups is 1. The number of aromatic amines is 1. The molecule has 0 amide bonds. The van der Waals surface area contributed by atoms with Gasteiger partial charge in [-0.15, -0.1) is 0 Å². The van der Waals surface area contributed by atoms with Crippen LogP contribution in [0.1, 0.15) is 15.9 Å². The SMILES string of the molecule is COC(=O)c1ccc(C=Nc2ccc(O)c(-c3nc4ccccc4[nH]3)c2)cc1. The smallest absolute Gasteiger partial charge is 0.337 e. The Labute approximate surface area is 161 Å². The van der Waals surface area contributed by atoms with E-state index in [2.05, 4.69) is 19.7 Å². The molecule has 0 aliphatic rings. The summed E-state index contributed by atoms with van der Waals surface area (Å²) in [5, 5.41) is 10.2. The molecule has 0 aliphatic heterocycles. The number of aromatic nitrogens is 2. The third-order valence-electron chi connectivity index (χ3n) is 4.32. The van der Waals surface area contributed by atoms with E-state index in [-0.39, 0.29) is 11.7 Å². The van der Waals surface area contributed by atoms with Crippen molar-refractivity contribution in [2.24, 2.45) is 4.99 Å². The van der Waals surface area contributed by atoms with Gasteiger partial charge in [-0.25, -0.2) is 9.78 Å². The van der Waals surface area contributed by atoms with Crippen LogP contribution in [0.4, 0.5) is 5.69 Å². The number of H-pyrrole nitrogens is 1. The molecule has 0 fully saturated rings. The van der Waals surface area contributed by atoms with Crippen molar-refractivity contribution in [2.75, 3.05) is 7.11 Å². The number of nitrogens with zero attached hydrogens (tertiary/aromatic N) is 2. The quantitative estimate of drug-likeness (QED) is 0.409. The number of aliphatic imine (C=N–C) groups is 1. The third-order valence-corrected chi connectivity index (χ3v) is 4.32. The topological polar surface area (TPSA) is 87.6 Å². The van der Waals surface area contributed by atoms with Crippen molar-refractivity contribution in [3.63, 3.8) is 0 Å². The number of benzene rings is 3. The Morgan fingerprint density at radius 3 is 2.64 bits per heavy atom. The van der Waals surface area contributed by atoms with E-state index in [1.165, 1.54) is 7.11 Å². The van der Waals surface area contributed by atoms with Crippen LogP contribution in [-0.2, 0) is 4.74 Å².